The molecule has 13 heavy (non-hydrogen) atoms. The van der Waals surface area contributed by atoms with Gasteiger partial charge in [-0.25, -0.2) is 0 Å². The maximum absolute atomic E-state index is 5.33. The topological polar surface area (TPSA) is 9.23 Å². The molecule has 1 aromatic heterocycles. The minimum absolute atomic E-state index is 0.996. The van der Waals surface area contributed by atoms with Gasteiger partial charge in [0.05, 0.1) is 7.11 Å². The number of fused-ring (bicyclic) bond motifs is 1. The number of rotatable bonds is 2. The number of ether oxygens (including phenoxy) is 1. The first-order chi connectivity index (χ1) is 6.35. The number of hydrogen-bond acceptors (Lipinski definition) is 2. The van der Waals surface area contributed by atoms with E-state index in [0.29, 0.717) is 0 Å². The zero-order valence-corrected chi connectivity index (χ0v) is 8.65. The number of benzene rings is 1. The van der Waals surface area contributed by atoms with Gasteiger partial charge in [-0.2, -0.15) is 0 Å². The van der Waals surface area contributed by atoms with Gasteiger partial charge < -0.3 is 4.74 Å². The molecule has 0 atom stereocenters. The molecule has 0 radical (unpaired) electrons. The number of aryl methyl sites for hydroxylation is 1. The molecule has 0 spiro atoms. The first-order valence-corrected chi connectivity index (χ1v) is 5.27. The molecule has 0 bridgehead atoms. The van der Waals surface area contributed by atoms with E-state index in [2.05, 4.69) is 30.5 Å². The summed E-state index contributed by atoms with van der Waals surface area (Å²) in [6.45, 7) is 2.16. The Morgan fingerprint density at radius 1 is 1.38 bits per heavy atom. The van der Waals surface area contributed by atoms with E-state index in [1.807, 2.05) is 0 Å². The molecule has 2 heteroatoms. The quantitative estimate of drug-likeness (QED) is 0.708. The van der Waals surface area contributed by atoms with Crippen molar-refractivity contribution in [2.24, 2.45) is 0 Å². The zero-order valence-electron chi connectivity index (χ0n) is 7.83. The predicted octanol–water partition coefficient (Wildman–Crippen LogP) is 3.47. The fourth-order valence-electron chi connectivity index (χ4n) is 1.47. The van der Waals surface area contributed by atoms with Crippen LogP contribution in [0.1, 0.15) is 12.5 Å². The average Bonchev–Trinajstić information content (AvgIpc) is 2.63. The Morgan fingerprint density at radius 3 is 2.92 bits per heavy atom. The van der Waals surface area contributed by atoms with Crippen LogP contribution in [0.25, 0.3) is 10.1 Å². The average molecular weight is 192 g/mol. The van der Waals surface area contributed by atoms with Crippen LogP contribution in [-0.2, 0) is 6.42 Å². The Kier molecular flexibility index (Phi) is 2.23. The van der Waals surface area contributed by atoms with Gasteiger partial charge >= 0.3 is 0 Å². The normalized spacial score (nSPS) is 10.6. The van der Waals surface area contributed by atoms with Crippen molar-refractivity contribution < 1.29 is 4.74 Å². The van der Waals surface area contributed by atoms with Gasteiger partial charge in [-0.1, -0.05) is 6.92 Å². The molecule has 0 N–H and O–H groups in total. The first-order valence-electron chi connectivity index (χ1n) is 4.39. The fourth-order valence-corrected chi connectivity index (χ4v) is 2.33. The van der Waals surface area contributed by atoms with E-state index in [1.165, 1.54) is 15.6 Å². The number of hydrogen-bond donors (Lipinski definition) is 0. The van der Waals surface area contributed by atoms with Crippen molar-refractivity contribution >= 4 is 21.4 Å². The van der Waals surface area contributed by atoms with Crippen LogP contribution in [0.4, 0.5) is 0 Å². The Hall–Kier alpha value is -1.02. The fraction of sp³-hybridized carbons (Fsp3) is 0.273. The maximum Gasteiger partial charge on any atom is 0.127 e. The highest BCUT2D eigenvalue weighted by atomic mass is 32.1. The van der Waals surface area contributed by atoms with Gasteiger partial charge in [0, 0.05) is 10.1 Å². The molecular formula is C11H12OS. The van der Waals surface area contributed by atoms with E-state index in [1.54, 1.807) is 18.4 Å². The van der Waals surface area contributed by atoms with Crippen LogP contribution in [0, 0.1) is 0 Å². The van der Waals surface area contributed by atoms with Gasteiger partial charge in [0.15, 0.2) is 0 Å². The van der Waals surface area contributed by atoms with Crippen molar-refractivity contribution in [3.05, 3.63) is 29.1 Å². The van der Waals surface area contributed by atoms with E-state index in [-0.39, 0.29) is 0 Å². The lowest BCUT2D eigenvalue weighted by Gasteiger charge is -2.04. The second-order valence-corrected chi connectivity index (χ2v) is 3.93. The van der Waals surface area contributed by atoms with Gasteiger partial charge in [0.2, 0.25) is 0 Å². The van der Waals surface area contributed by atoms with Crippen molar-refractivity contribution in [1.29, 1.82) is 0 Å². The van der Waals surface area contributed by atoms with Gasteiger partial charge in [0.1, 0.15) is 5.75 Å². The van der Waals surface area contributed by atoms with Gasteiger partial charge in [0.25, 0.3) is 0 Å². The molecular weight excluding hydrogens is 180 g/mol. The Bertz CT molecular complexity index is 417. The highest BCUT2D eigenvalue weighted by molar-refractivity contribution is 7.17. The minimum atomic E-state index is 0.996. The van der Waals surface area contributed by atoms with Crippen molar-refractivity contribution in [3.63, 3.8) is 0 Å². The largest absolute Gasteiger partial charge is 0.496 e. The van der Waals surface area contributed by atoms with Crippen LogP contribution in [0.3, 0.4) is 0 Å². The molecule has 1 nitrogen and oxygen atoms in total. The molecule has 1 heterocycles. The van der Waals surface area contributed by atoms with Crippen LogP contribution in [0.5, 0.6) is 5.75 Å². The van der Waals surface area contributed by atoms with Crippen molar-refractivity contribution in [3.8, 4) is 5.75 Å². The summed E-state index contributed by atoms with van der Waals surface area (Å²) in [4.78, 5) is 0. The standard InChI is InChI=1S/C11H12OS/c1-3-8-6-10(12-2)9-4-5-13-11(9)7-8/h4-7H,3H2,1-2H3. The smallest absolute Gasteiger partial charge is 0.127 e. The zero-order chi connectivity index (χ0) is 9.26. The van der Waals surface area contributed by atoms with Crippen LogP contribution in [0.2, 0.25) is 0 Å². The van der Waals surface area contributed by atoms with E-state index < -0.39 is 0 Å². The van der Waals surface area contributed by atoms with Crippen molar-refractivity contribution in [1.82, 2.24) is 0 Å². The van der Waals surface area contributed by atoms with E-state index in [4.69, 9.17) is 4.74 Å². The van der Waals surface area contributed by atoms with Crippen LogP contribution in [0.15, 0.2) is 23.6 Å². The van der Waals surface area contributed by atoms with Gasteiger partial charge in [-0.15, -0.1) is 11.3 Å². The molecule has 0 saturated heterocycles. The van der Waals surface area contributed by atoms with E-state index in [0.717, 1.165) is 12.2 Å². The molecule has 0 fully saturated rings. The Balaban J connectivity index is 2.70. The lowest BCUT2D eigenvalue weighted by Crippen LogP contribution is -1.86. The molecule has 2 aromatic rings. The lowest BCUT2D eigenvalue weighted by molar-refractivity contribution is 0.419. The third-order valence-corrected chi connectivity index (χ3v) is 3.09. The summed E-state index contributed by atoms with van der Waals surface area (Å²) in [6.07, 6.45) is 1.06. The molecule has 68 valence electrons. The molecule has 0 unspecified atom stereocenters. The van der Waals surface area contributed by atoms with Crippen LogP contribution >= 0.6 is 11.3 Å². The van der Waals surface area contributed by atoms with E-state index in [9.17, 15) is 0 Å². The summed E-state index contributed by atoms with van der Waals surface area (Å²) in [5, 5.41) is 3.33. The number of thiophene rings is 1. The van der Waals surface area contributed by atoms with Gasteiger partial charge in [-0.3, -0.25) is 0 Å². The summed E-state index contributed by atoms with van der Waals surface area (Å²) in [5.41, 5.74) is 1.34. The maximum atomic E-state index is 5.33. The summed E-state index contributed by atoms with van der Waals surface area (Å²) < 4.78 is 6.65. The highest BCUT2D eigenvalue weighted by Gasteiger charge is 2.03. The second-order valence-electron chi connectivity index (χ2n) is 2.98. The second kappa shape index (κ2) is 3.38. The number of methoxy groups -OCH3 is 1. The Labute approximate surface area is 82.0 Å². The van der Waals surface area contributed by atoms with Crippen molar-refractivity contribution in [2.45, 2.75) is 13.3 Å². The molecule has 1 aromatic carbocycles. The molecule has 0 amide bonds. The third-order valence-electron chi connectivity index (χ3n) is 2.22. The molecule has 2 rings (SSSR count). The molecule has 0 aliphatic rings. The van der Waals surface area contributed by atoms with Gasteiger partial charge in [-0.05, 0) is 35.6 Å². The third kappa shape index (κ3) is 1.42. The van der Waals surface area contributed by atoms with E-state index >= 15 is 0 Å². The lowest BCUT2D eigenvalue weighted by atomic mass is 10.1. The SMILES string of the molecule is CCc1cc(OC)c2ccsc2c1. The minimum Gasteiger partial charge on any atom is -0.496 e. The monoisotopic (exact) mass is 192 g/mol. The van der Waals surface area contributed by atoms with Crippen LogP contribution < -0.4 is 4.74 Å². The van der Waals surface area contributed by atoms with Crippen LogP contribution in [-0.4, -0.2) is 7.11 Å². The Morgan fingerprint density at radius 2 is 2.23 bits per heavy atom. The summed E-state index contributed by atoms with van der Waals surface area (Å²) >= 11 is 1.77. The summed E-state index contributed by atoms with van der Waals surface area (Å²) in [7, 11) is 1.73. The molecule has 0 aliphatic carbocycles. The highest BCUT2D eigenvalue weighted by Crippen LogP contribution is 2.31. The molecule has 0 aliphatic heterocycles. The first kappa shape index (κ1) is 8.57. The van der Waals surface area contributed by atoms with Crippen molar-refractivity contribution in [2.75, 3.05) is 7.11 Å². The predicted molar refractivity (Wildman–Crippen MR) is 57.8 cm³/mol. The summed E-state index contributed by atoms with van der Waals surface area (Å²) in [6, 6.07) is 6.47. The molecule has 0 saturated carbocycles. The summed E-state index contributed by atoms with van der Waals surface area (Å²) in [5.74, 6) is 0.996.